The highest BCUT2D eigenvalue weighted by Gasteiger charge is 2.32. The molecule has 2 aliphatic rings. The van der Waals surface area contributed by atoms with Crippen LogP contribution in [0.3, 0.4) is 0 Å². The molecule has 2 fully saturated rings. The summed E-state index contributed by atoms with van der Waals surface area (Å²) < 4.78 is 0. The molecule has 0 aromatic carbocycles. The van der Waals surface area contributed by atoms with Crippen LogP contribution in [0.1, 0.15) is 45.4 Å². The monoisotopic (exact) mass is 267 g/mol. The Kier molecular flexibility index (Phi) is 4.80. The van der Waals surface area contributed by atoms with Gasteiger partial charge < -0.3 is 16.0 Å². The molecule has 2 rings (SSSR count). The summed E-state index contributed by atoms with van der Waals surface area (Å²) in [6.07, 6.45) is 5.45. The summed E-state index contributed by atoms with van der Waals surface area (Å²) >= 11 is 0. The molecule has 2 amide bonds. The van der Waals surface area contributed by atoms with Crippen molar-refractivity contribution in [3.63, 3.8) is 0 Å². The van der Waals surface area contributed by atoms with Crippen LogP contribution in [-0.4, -0.2) is 41.9 Å². The summed E-state index contributed by atoms with van der Waals surface area (Å²) in [5, 5.41) is 3.09. The minimum atomic E-state index is -0.359. The standard InChI is InChI=1S/C14H25N3O2/c1-2-3-12(15)14(19)17-8-6-11(7-9-17)16-13(18)10-4-5-10/h10-12H,2-9,15H2,1H3,(H,16,18). The smallest absolute Gasteiger partial charge is 0.239 e. The maximum Gasteiger partial charge on any atom is 0.239 e. The van der Waals surface area contributed by atoms with E-state index in [1.54, 1.807) is 0 Å². The molecule has 5 heteroatoms. The number of nitrogens with one attached hydrogen (secondary N) is 1. The van der Waals surface area contributed by atoms with Crippen molar-refractivity contribution in [1.82, 2.24) is 10.2 Å². The average Bonchev–Trinajstić information content (AvgIpc) is 3.23. The number of carbonyl (C=O) groups excluding carboxylic acids is 2. The van der Waals surface area contributed by atoms with E-state index in [-0.39, 0.29) is 29.8 Å². The lowest BCUT2D eigenvalue weighted by Crippen LogP contribution is -2.51. The highest BCUT2D eigenvalue weighted by molar-refractivity contribution is 5.82. The normalized spacial score (nSPS) is 22.1. The van der Waals surface area contributed by atoms with Crippen molar-refractivity contribution in [2.24, 2.45) is 11.7 Å². The van der Waals surface area contributed by atoms with E-state index in [2.05, 4.69) is 5.32 Å². The highest BCUT2D eigenvalue weighted by Crippen LogP contribution is 2.29. The topological polar surface area (TPSA) is 75.4 Å². The maximum absolute atomic E-state index is 12.0. The number of carbonyl (C=O) groups is 2. The van der Waals surface area contributed by atoms with Crippen molar-refractivity contribution >= 4 is 11.8 Å². The number of hydrogen-bond donors (Lipinski definition) is 2. The molecule has 1 aliphatic carbocycles. The van der Waals surface area contributed by atoms with Gasteiger partial charge in [-0.2, -0.15) is 0 Å². The van der Waals surface area contributed by atoms with E-state index in [1.807, 2.05) is 11.8 Å². The van der Waals surface area contributed by atoms with Gasteiger partial charge in [0.25, 0.3) is 0 Å². The van der Waals surface area contributed by atoms with E-state index in [9.17, 15) is 9.59 Å². The van der Waals surface area contributed by atoms with Crippen LogP contribution in [0.25, 0.3) is 0 Å². The fourth-order valence-electron chi connectivity index (χ4n) is 2.58. The van der Waals surface area contributed by atoms with Crippen LogP contribution < -0.4 is 11.1 Å². The SMILES string of the molecule is CCCC(N)C(=O)N1CCC(NC(=O)C2CC2)CC1. The Labute approximate surface area is 114 Å². The molecule has 3 N–H and O–H groups in total. The van der Waals surface area contributed by atoms with Gasteiger partial charge in [0.05, 0.1) is 6.04 Å². The molecule has 0 aromatic heterocycles. The van der Waals surface area contributed by atoms with Crippen molar-refractivity contribution in [2.45, 2.75) is 57.5 Å². The molecule has 0 aromatic rings. The van der Waals surface area contributed by atoms with Gasteiger partial charge in [0.15, 0.2) is 0 Å². The van der Waals surface area contributed by atoms with E-state index in [0.717, 1.165) is 38.5 Å². The molecule has 0 bridgehead atoms. The van der Waals surface area contributed by atoms with Gasteiger partial charge in [-0.25, -0.2) is 0 Å². The molecule has 1 saturated heterocycles. The number of nitrogens with two attached hydrogens (primary N) is 1. The van der Waals surface area contributed by atoms with Crippen LogP contribution in [0.4, 0.5) is 0 Å². The average molecular weight is 267 g/mol. The Hall–Kier alpha value is -1.10. The van der Waals surface area contributed by atoms with Gasteiger partial charge in [-0.15, -0.1) is 0 Å². The van der Waals surface area contributed by atoms with Crippen LogP contribution in [0.15, 0.2) is 0 Å². The molecule has 0 spiro atoms. The van der Waals surface area contributed by atoms with Crippen LogP contribution in [-0.2, 0) is 9.59 Å². The highest BCUT2D eigenvalue weighted by atomic mass is 16.2. The summed E-state index contributed by atoms with van der Waals surface area (Å²) in [6.45, 7) is 3.46. The first-order valence-corrected chi connectivity index (χ1v) is 7.46. The van der Waals surface area contributed by atoms with Crippen molar-refractivity contribution in [3.05, 3.63) is 0 Å². The van der Waals surface area contributed by atoms with Gasteiger partial charge >= 0.3 is 0 Å². The Balaban J connectivity index is 1.72. The molecule has 1 heterocycles. The van der Waals surface area contributed by atoms with E-state index in [4.69, 9.17) is 5.73 Å². The van der Waals surface area contributed by atoms with Crippen LogP contribution in [0.2, 0.25) is 0 Å². The first-order chi connectivity index (χ1) is 9.11. The van der Waals surface area contributed by atoms with Crippen molar-refractivity contribution < 1.29 is 9.59 Å². The number of amides is 2. The number of hydrogen-bond acceptors (Lipinski definition) is 3. The van der Waals surface area contributed by atoms with E-state index in [0.29, 0.717) is 13.1 Å². The third kappa shape index (κ3) is 3.93. The quantitative estimate of drug-likeness (QED) is 0.767. The van der Waals surface area contributed by atoms with E-state index < -0.39 is 0 Å². The second-order valence-corrected chi connectivity index (χ2v) is 5.78. The van der Waals surface area contributed by atoms with Crippen LogP contribution >= 0.6 is 0 Å². The fourth-order valence-corrected chi connectivity index (χ4v) is 2.58. The Morgan fingerprint density at radius 2 is 1.89 bits per heavy atom. The first kappa shape index (κ1) is 14.3. The van der Waals surface area contributed by atoms with Crippen molar-refractivity contribution in [2.75, 3.05) is 13.1 Å². The number of rotatable bonds is 5. The first-order valence-electron chi connectivity index (χ1n) is 7.46. The molecule has 1 atom stereocenters. The molecular formula is C14H25N3O2. The molecule has 1 saturated carbocycles. The Morgan fingerprint density at radius 3 is 2.42 bits per heavy atom. The minimum absolute atomic E-state index is 0.0637. The second-order valence-electron chi connectivity index (χ2n) is 5.78. The zero-order valence-corrected chi connectivity index (χ0v) is 11.7. The summed E-state index contributed by atoms with van der Waals surface area (Å²) in [5.41, 5.74) is 5.86. The Morgan fingerprint density at radius 1 is 1.26 bits per heavy atom. The predicted molar refractivity (Wildman–Crippen MR) is 73.4 cm³/mol. The molecule has 1 aliphatic heterocycles. The fraction of sp³-hybridized carbons (Fsp3) is 0.857. The van der Waals surface area contributed by atoms with Gasteiger partial charge in [-0.1, -0.05) is 13.3 Å². The van der Waals surface area contributed by atoms with Crippen LogP contribution in [0.5, 0.6) is 0 Å². The molecule has 0 radical (unpaired) electrons. The van der Waals surface area contributed by atoms with Gasteiger partial charge in [-0.05, 0) is 32.1 Å². The molecule has 1 unspecified atom stereocenters. The lowest BCUT2D eigenvalue weighted by molar-refractivity contribution is -0.134. The van der Waals surface area contributed by atoms with Gasteiger partial charge in [0.1, 0.15) is 0 Å². The third-order valence-corrected chi connectivity index (χ3v) is 4.02. The van der Waals surface area contributed by atoms with E-state index in [1.165, 1.54) is 0 Å². The summed E-state index contributed by atoms with van der Waals surface area (Å²) in [6, 6.07) is -0.123. The van der Waals surface area contributed by atoms with Crippen molar-refractivity contribution in [1.29, 1.82) is 0 Å². The maximum atomic E-state index is 12.0. The van der Waals surface area contributed by atoms with Crippen LogP contribution in [0, 0.1) is 5.92 Å². The second kappa shape index (κ2) is 6.37. The summed E-state index contributed by atoms with van der Waals surface area (Å²) in [4.78, 5) is 25.6. The number of nitrogens with zero attached hydrogens (tertiary/aromatic N) is 1. The zero-order valence-electron chi connectivity index (χ0n) is 11.7. The van der Waals surface area contributed by atoms with Gasteiger partial charge in [-0.3, -0.25) is 9.59 Å². The summed E-state index contributed by atoms with van der Waals surface area (Å²) in [7, 11) is 0. The van der Waals surface area contributed by atoms with Gasteiger partial charge in [0, 0.05) is 25.0 Å². The van der Waals surface area contributed by atoms with E-state index >= 15 is 0 Å². The molecule has 5 nitrogen and oxygen atoms in total. The number of likely N-dealkylation sites (tertiary alicyclic amines) is 1. The third-order valence-electron chi connectivity index (χ3n) is 4.02. The van der Waals surface area contributed by atoms with Crippen molar-refractivity contribution in [3.8, 4) is 0 Å². The largest absolute Gasteiger partial charge is 0.353 e. The lowest BCUT2D eigenvalue weighted by atomic mass is 10.0. The zero-order chi connectivity index (χ0) is 13.8. The number of piperidine rings is 1. The lowest BCUT2D eigenvalue weighted by Gasteiger charge is -2.33. The minimum Gasteiger partial charge on any atom is -0.353 e. The molecule has 108 valence electrons. The molecule has 19 heavy (non-hydrogen) atoms. The molecular weight excluding hydrogens is 242 g/mol. The Bertz CT molecular complexity index is 334. The van der Waals surface area contributed by atoms with Gasteiger partial charge in [0.2, 0.25) is 11.8 Å². The predicted octanol–water partition coefficient (Wildman–Crippen LogP) is 0.631. The summed E-state index contributed by atoms with van der Waals surface area (Å²) in [5.74, 6) is 0.527.